The van der Waals surface area contributed by atoms with Gasteiger partial charge in [0, 0.05) is 11.8 Å². The molecule has 0 spiro atoms. The smallest absolute Gasteiger partial charge is 0.491 e. The van der Waals surface area contributed by atoms with Gasteiger partial charge in [0.1, 0.15) is 23.8 Å². The number of hydrogen-bond donors (Lipinski definition) is 1. The van der Waals surface area contributed by atoms with E-state index in [-0.39, 0.29) is 24.2 Å². The zero-order valence-electron chi connectivity index (χ0n) is 18.4. The highest BCUT2D eigenvalue weighted by molar-refractivity contribution is 5.80. The normalized spacial score (nSPS) is 15.0. The number of carbonyl (C=O) groups is 1. The molecule has 1 N–H and O–H groups in total. The van der Waals surface area contributed by atoms with E-state index in [1.807, 2.05) is 44.2 Å². The summed E-state index contributed by atoms with van der Waals surface area (Å²) >= 11 is 0. The number of carbonyl (C=O) groups excluding carboxylic acids is 1. The van der Waals surface area contributed by atoms with Crippen LogP contribution in [0.2, 0.25) is 0 Å². The molecule has 4 rings (SSSR count). The van der Waals surface area contributed by atoms with Crippen LogP contribution >= 0.6 is 0 Å². The number of pyridine rings is 1. The molecule has 10 heteroatoms. The average molecular weight is 473 g/mol. The van der Waals surface area contributed by atoms with Crippen molar-refractivity contribution in [2.75, 3.05) is 10.4 Å². The van der Waals surface area contributed by atoms with E-state index in [0.717, 1.165) is 10.6 Å². The van der Waals surface area contributed by atoms with E-state index in [9.17, 15) is 18.0 Å². The summed E-state index contributed by atoms with van der Waals surface area (Å²) in [5.74, 6) is -1.24. The van der Waals surface area contributed by atoms with Crippen molar-refractivity contribution in [1.29, 1.82) is 0 Å². The Bertz CT molecular complexity index is 1160. The van der Waals surface area contributed by atoms with Crippen molar-refractivity contribution in [3.8, 4) is 11.5 Å². The number of alkyl halides is 3. The first-order valence-electron chi connectivity index (χ1n) is 10.5. The largest absolute Gasteiger partial charge is 0.493 e. The fraction of sp³-hybridized carbons (Fsp3) is 0.250. The Balaban J connectivity index is 1.69. The van der Waals surface area contributed by atoms with Crippen molar-refractivity contribution < 1.29 is 32.3 Å². The molecule has 0 fully saturated rings. The monoisotopic (exact) mass is 473 g/mol. The van der Waals surface area contributed by atoms with Gasteiger partial charge in [-0.2, -0.15) is 18.2 Å². The molecule has 0 bridgehead atoms. The minimum absolute atomic E-state index is 0.177. The predicted octanol–water partition coefficient (Wildman–Crippen LogP) is 5.40. The Morgan fingerprint density at radius 3 is 2.59 bits per heavy atom. The van der Waals surface area contributed by atoms with Crippen LogP contribution in [0, 0.1) is 0 Å². The first kappa shape index (κ1) is 23.2. The minimum atomic E-state index is -5.17. The molecule has 1 aromatic heterocycles. The lowest BCUT2D eigenvalue weighted by atomic mass is 10.1. The van der Waals surface area contributed by atoms with Crippen LogP contribution in [0.5, 0.6) is 11.5 Å². The molecule has 0 saturated heterocycles. The fourth-order valence-corrected chi connectivity index (χ4v) is 3.39. The summed E-state index contributed by atoms with van der Waals surface area (Å²) < 4.78 is 50.8. The zero-order chi connectivity index (χ0) is 24.3. The Labute approximate surface area is 194 Å². The molecule has 1 aliphatic heterocycles. The van der Waals surface area contributed by atoms with Crippen LogP contribution in [0.4, 0.5) is 24.7 Å². The maximum Gasteiger partial charge on any atom is 0.493 e. The number of ether oxygens (including phenoxy) is 2. The lowest BCUT2D eigenvalue weighted by Gasteiger charge is -2.27. The molecule has 3 aromatic rings. The quantitative estimate of drug-likeness (QED) is 0.493. The van der Waals surface area contributed by atoms with Gasteiger partial charge in [0.25, 0.3) is 0 Å². The van der Waals surface area contributed by atoms with Crippen LogP contribution in [-0.2, 0) is 16.2 Å². The summed E-state index contributed by atoms with van der Waals surface area (Å²) in [6.45, 7) is 3.93. The van der Waals surface area contributed by atoms with Crippen molar-refractivity contribution in [3.63, 3.8) is 0 Å². The van der Waals surface area contributed by atoms with Crippen molar-refractivity contribution in [3.05, 3.63) is 78.0 Å². The number of aromatic nitrogens is 1. The second kappa shape index (κ2) is 9.50. The zero-order valence-corrected chi connectivity index (χ0v) is 18.4. The summed E-state index contributed by atoms with van der Waals surface area (Å²) in [7, 11) is 0. The lowest BCUT2D eigenvalue weighted by molar-refractivity contribution is -0.201. The topological polar surface area (TPSA) is 72.9 Å². The van der Waals surface area contributed by atoms with E-state index in [2.05, 4.69) is 10.3 Å². The maximum absolute atomic E-state index is 13.0. The van der Waals surface area contributed by atoms with Gasteiger partial charge in [-0.1, -0.05) is 30.3 Å². The van der Waals surface area contributed by atoms with E-state index in [4.69, 9.17) is 14.3 Å². The number of hydroxylamine groups is 1. The number of rotatable bonds is 7. The highest BCUT2D eigenvalue weighted by Crippen LogP contribution is 2.44. The maximum atomic E-state index is 13.0. The molecule has 1 atom stereocenters. The summed E-state index contributed by atoms with van der Waals surface area (Å²) in [6, 6.07) is 17.5. The average Bonchev–Trinajstić information content (AvgIpc) is 3.16. The van der Waals surface area contributed by atoms with E-state index >= 15 is 0 Å². The standard InChI is InChI=1S/C24H22F3N3O4/c1-15(2)33-20-11-10-17(32-14-16-7-4-3-5-8-16)13-18(20)22-29-21-19(9-6-12-28-21)30(22)34-23(31)24(25,26)27/h3-13,15,22H,14H2,1-2H3,(H,28,29). The van der Waals surface area contributed by atoms with Crippen LogP contribution in [-0.4, -0.2) is 23.2 Å². The Morgan fingerprint density at radius 2 is 1.88 bits per heavy atom. The second-order valence-corrected chi connectivity index (χ2v) is 7.76. The van der Waals surface area contributed by atoms with Gasteiger partial charge in [-0.3, -0.25) is 0 Å². The molecule has 34 heavy (non-hydrogen) atoms. The van der Waals surface area contributed by atoms with Gasteiger partial charge >= 0.3 is 12.1 Å². The molecule has 0 radical (unpaired) electrons. The molecule has 1 aliphatic rings. The van der Waals surface area contributed by atoms with Crippen LogP contribution < -0.4 is 19.9 Å². The number of nitrogens with zero attached hydrogens (tertiary/aromatic N) is 2. The van der Waals surface area contributed by atoms with Gasteiger partial charge in [0.05, 0.1) is 6.10 Å². The molecule has 7 nitrogen and oxygen atoms in total. The number of fused-ring (bicyclic) bond motifs is 1. The fourth-order valence-electron chi connectivity index (χ4n) is 3.39. The molecule has 0 aliphatic carbocycles. The summed E-state index contributed by atoms with van der Waals surface area (Å²) in [6.07, 6.45) is -4.95. The third-order valence-corrected chi connectivity index (χ3v) is 4.83. The highest BCUT2D eigenvalue weighted by Gasteiger charge is 2.46. The lowest BCUT2D eigenvalue weighted by Crippen LogP contribution is -2.37. The van der Waals surface area contributed by atoms with E-state index < -0.39 is 18.3 Å². The Hall–Kier alpha value is -3.95. The molecule has 2 heterocycles. The van der Waals surface area contributed by atoms with Crippen LogP contribution in [0.1, 0.15) is 31.1 Å². The van der Waals surface area contributed by atoms with Crippen molar-refractivity contribution in [2.45, 2.75) is 38.9 Å². The Morgan fingerprint density at radius 1 is 1.12 bits per heavy atom. The number of benzene rings is 2. The second-order valence-electron chi connectivity index (χ2n) is 7.76. The first-order chi connectivity index (χ1) is 16.2. The van der Waals surface area contributed by atoms with Crippen molar-refractivity contribution in [2.24, 2.45) is 0 Å². The molecule has 0 saturated carbocycles. The van der Waals surface area contributed by atoms with Crippen LogP contribution in [0.15, 0.2) is 66.9 Å². The Kier molecular flexibility index (Phi) is 6.49. The SMILES string of the molecule is CC(C)Oc1ccc(OCc2ccccc2)cc1C1Nc2ncccc2N1OC(=O)C(F)(F)F. The third-order valence-electron chi connectivity index (χ3n) is 4.83. The van der Waals surface area contributed by atoms with Gasteiger partial charge in [0.15, 0.2) is 12.0 Å². The van der Waals surface area contributed by atoms with Gasteiger partial charge in [0.2, 0.25) is 0 Å². The molecule has 0 amide bonds. The van der Waals surface area contributed by atoms with E-state index in [1.54, 1.807) is 18.2 Å². The summed E-state index contributed by atoms with van der Waals surface area (Å²) in [5.41, 5.74) is 1.53. The van der Waals surface area contributed by atoms with Gasteiger partial charge < -0.3 is 19.6 Å². The number of nitrogens with one attached hydrogen (secondary N) is 1. The van der Waals surface area contributed by atoms with Crippen LogP contribution in [0.25, 0.3) is 0 Å². The third kappa shape index (κ3) is 5.16. The minimum Gasteiger partial charge on any atom is -0.491 e. The van der Waals surface area contributed by atoms with Gasteiger partial charge in [-0.15, -0.1) is 0 Å². The van der Waals surface area contributed by atoms with Gasteiger partial charge in [-0.25, -0.2) is 9.78 Å². The van der Waals surface area contributed by atoms with Crippen LogP contribution in [0.3, 0.4) is 0 Å². The first-order valence-corrected chi connectivity index (χ1v) is 10.5. The molecule has 2 aromatic carbocycles. The van der Waals surface area contributed by atoms with E-state index in [0.29, 0.717) is 17.1 Å². The number of hydrogen-bond acceptors (Lipinski definition) is 7. The molecule has 1 unspecified atom stereocenters. The molecule has 178 valence electrons. The highest BCUT2D eigenvalue weighted by atomic mass is 19.4. The summed E-state index contributed by atoms with van der Waals surface area (Å²) in [4.78, 5) is 20.6. The molecular formula is C24H22F3N3O4. The van der Waals surface area contributed by atoms with Crippen molar-refractivity contribution >= 4 is 17.5 Å². The molecular weight excluding hydrogens is 451 g/mol. The van der Waals surface area contributed by atoms with Gasteiger partial charge in [-0.05, 0) is 49.7 Å². The van der Waals surface area contributed by atoms with Crippen molar-refractivity contribution in [1.82, 2.24) is 4.98 Å². The van der Waals surface area contributed by atoms with E-state index in [1.165, 1.54) is 18.3 Å². The predicted molar refractivity (Wildman–Crippen MR) is 118 cm³/mol. The summed E-state index contributed by atoms with van der Waals surface area (Å²) in [5, 5.41) is 3.86. The number of halogens is 3. The number of anilines is 2.